The number of rotatable bonds is 10. The van der Waals surface area contributed by atoms with Crippen molar-refractivity contribution >= 4 is 43.0 Å². The summed E-state index contributed by atoms with van der Waals surface area (Å²) in [5, 5.41) is 29.4. The second kappa shape index (κ2) is 12.7. The molecule has 13 nitrogen and oxygen atoms in total. The predicted octanol–water partition coefficient (Wildman–Crippen LogP) is 5.19. The molecule has 1 aromatic heterocycles. The lowest BCUT2D eigenvalue weighted by Crippen LogP contribution is -2.45. The first-order chi connectivity index (χ1) is 23.9. The second-order valence-electron chi connectivity index (χ2n) is 13.5. The number of nitrogens with zero attached hydrogens (tertiary/aromatic N) is 6. The first-order valence-corrected chi connectivity index (χ1v) is 19.5. The zero-order chi connectivity index (χ0) is 35.4. The van der Waals surface area contributed by atoms with Gasteiger partial charge in [-0.05, 0) is 55.4 Å². The van der Waals surface area contributed by atoms with E-state index in [4.69, 9.17) is 9.47 Å². The van der Waals surface area contributed by atoms with Crippen LogP contribution in [0.3, 0.4) is 0 Å². The number of aryl methyl sites for hydroxylation is 1. The van der Waals surface area contributed by atoms with Gasteiger partial charge in [0.25, 0.3) is 17.5 Å². The van der Waals surface area contributed by atoms with Crippen molar-refractivity contribution in [1.82, 2.24) is 15.0 Å². The lowest BCUT2D eigenvalue weighted by Gasteiger charge is -2.31. The third-order valence-corrected chi connectivity index (χ3v) is 12.5. The molecule has 1 spiro atoms. The molecule has 0 unspecified atom stereocenters. The fourth-order valence-corrected chi connectivity index (χ4v) is 10.4. The van der Waals surface area contributed by atoms with Crippen molar-refractivity contribution in [3.63, 3.8) is 0 Å². The van der Waals surface area contributed by atoms with E-state index in [0.29, 0.717) is 53.5 Å². The molecule has 50 heavy (non-hydrogen) atoms. The summed E-state index contributed by atoms with van der Waals surface area (Å²) in [4.78, 5) is 42.2. The lowest BCUT2D eigenvalue weighted by atomic mass is 9.82. The van der Waals surface area contributed by atoms with Crippen molar-refractivity contribution < 1.29 is 33.2 Å². The van der Waals surface area contributed by atoms with Crippen molar-refractivity contribution in [2.75, 3.05) is 23.0 Å². The topological polar surface area (TPSA) is 153 Å². The molecule has 3 aromatic carbocycles. The number of carbonyl (C=O) groups is 2. The fraction of sp³-hybridized carbons (Fsp3) is 0.371. The number of non-ortho nitro benzene ring substituents is 1. The number of fused-ring (bicyclic) bond motifs is 3. The summed E-state index contributed by atoms with van der Waals surface area (Å²) < 4.78 is 30.2. The van der Waals surface area contributed by atoms with Crippen LogP contribution in [0.4, 0.5) is 26.9 Å². The van der Waals surface area contributed by atoms with E-state index in [2.05, 4.69) is 10.3 Å². The minimum absolute atomic E-state index is 0.0649. The quantitative estimate of drug-likeness (QED) is 0.102. The molecule has 0 radical (unpaired) electrons. The first-order valence-electron chi connectivity index (χ1n) is 16.5. The molecule has 15 heteroatoms. The third kappa shape index (κ3) is 5.64. The molecule has 1 N–H and O–H groups in total. The lowest BCUT2D eigenvalue weighted by molar-refractivity contribution is -0.385. The molecule has 1 fully saturated rings. The highest BCUT2D eigenvalue weighted by Crippen LogP contribution is 2.60. The maximum Gasteiger partial charge on any atom is 0.269 e. The van der Waals surface area contributed by atoms with E-state index in [-0.39, 0.29) is 31.4 Å². The van der Waals surface area contributed by atoms with E-state index in [1.165, 1.54) is 12.1 Å². The Morgan fingerprint density at radius 3 is 2.58 bits per heavy atom. The molecule has 2 amide bonds. The number of ether oxygens (including phenoxy) is 2. The smallest absolute Gasteiger partial charge is 0.269 e. The van der Waals surface area contributed by atoms with Crippen LogP contribution in [0, 0.1) is 16.0 Å². The number of nitro benzene ring substituents is 1. The summed E-state index contributed by atoms with van der Waals surface area (Å²) in [6.45, 7) is 5.32. The molecular formula is C35H37FN6O7Si. The number of para-hydroxylation sites is 2. The molecule has 1 saturated heterocycles. The van der Waals surface area contributed by atoms with Crippen LogP contribution in [0.5, 0.6) is 5.75 Å². The minimum Gasteiger partial charge on any atom is -0.482 e. The summed E-state index contributed by atoms with van der Waals surface area (Å²) >= 11 is 0. The van der Waals surface area contributed by atoms with Gasteiger partial charge in [0.1, 0.15) is 5.75 Å². The summed E-state index contributed by atoms with van der Waals surface area (Å²) in [5.74, 6) is -0.648. The monoisotopic (exact) mass is 700 g/mol. The molecule has 4 heterocycles. The summed E-state index contributed by atoms with van der Waals surface area (Å²) in [6.07, 6.45) is 1.74. The molecule has 4 aromatic rings. The van der Waals surface area contributed by atoms with Gasteiger partial charge in [0.15, 0.2) is 12.2 Å². The highest BCUT2D eigenvalue weighted by Gasteiger charge is 2.66. The van der Waals surface area contributed by atoms with Crippen LogP contribution >= 0.6 is 0 Å². The number of benzene rings is 3. The zero-order valence-corrected chi connectivity index (χ0v) is 28.9. The molecule has 3 aliphatic heterocycles. The number of nitro groups is 1. The van der Waals surface area contributed by atoms with Gasteiger partial charge in [-0.2, -0.15) is 0 Å². The Labute approximate surface area is 288 Å². The van der Waals surface area contributed by atoms with Crippen LogP contribution in [0.25, 0.3) is 0 Å². The van der Waals surface area contributed by atoms with Gasteiger partial charge in [0.05, 0.1) is 34.6 Å². The van der Waals surface area contributed by atoms with E-state index in [9.17, 15) is 24.8 Å². The van der Waals surface area contributed by atoms with E-state index in [1.807, 2.05) is 37.3 Å². The number of carbonyl (C=O) groups excluding carboxylic acids is 2. The van der Waals surface area contributed by atoms with Gasteiger partial charge in [-0.15, -0.1) is 5.10 Å². The molecular weight excluding hydrogens is 664 g/mol. The van der Waals surface area contributed by atoms with Crippen molar-refractivity contribution in [3.05, 3.63) is 99.9 Å². The minimum atomic E-state index is -3.47. The molecule has 0 bridgehead atoms. The van der Waals surface area contributed by atoms with Crippen LogP contribution in [0.2, 0.25) is 18.6 Å². The van der Waals surface area contributed by atoms with Gasteiger partial charge in [-0.3, -0.25) is 29.3 Å². The van der Waals surface area contributed by atoms with E-state index in [1.54, 1.807) is 58.0 Å². The van der Waals surface area contributed by atoms with Gasteiger partial charge in [-0.1, -0.05) is 36.4 Å². The standard InChI is InChI=1S/C35H37FN6O7Si/c1-22-33(50(2,3)36)31(14-16-39-20-24(15-17-43)37-38-39)49-35(22)27-18-26(42(46)47)12-13-28(27)40(34(35)45)19-23-8-10-25(11-9-23)41-29-6-4-5-7-30(29)48-21-32(41)44/h4-13,18,20,22,31,33,43H,14-17,19,21H2,1-3H3/t22-,31+,33-,35+/m0/s1. The van der Waals surface area contributed by atoms with E-state index >= 15 is 4.11 Å². The normalized spacial score (nSPS) is 22.9. The van der Waals surface area contributed by atoms with Crippen molar-refractivity contribution in [2.24, 2.45) is 5.92 Å². The Balaban J connectivity index is 1.21. The van der Waals surface area contributed by atoms with Crippen LogP contribution in [-0.4, -0.2) is 64.6 Å². The van der Waals surface area contributed by atoms with Gasteiger partial charge < -0.3 is 23.6 Å². The number of anilines is 3. The summed E-state index contributed by atoms with van der Waals surface area (Å²) in [6, 6.07) is 18.9. The number of aliphatic hydroxyl groups is 1. The second-order valence-corrected chi connectivity index (χ2v) is 17.3. The van der Waals surface area contributed by atoms with Gasteiger partial charge in [0.2, 0.25) is 8.41 Å². The van der Waals surface area contributed by atoms with Gasteiger partial charge >= 0.3 is 0 Å². The Morgan fingerprint density at radius 1 is 1.10 bits per heavy atom. The van der Waals surface area contributed by atoms with E-state index < -0.39 is 42.4 Å². The first kappa shape index (κ1) is 33.5. The van der Waals surface area contributed by atoms with Gasteiger partial charge in [-0.25, -0.2) is 0 Å². The molecule has 0 aliphatic carbocycles. The molecule has 0 saturated carbocycles. The Bertz CT molecular complexity index is 1970. The number of aromatic nitrogens is 3. The average Bonchev–Trinajstić information content (AvgIpc) is 3.74. The Kier molecular flexibility index (Phi) is 8.52. The predicted molar refractivity (Wildman–Crippen MR) is 183 cm³/mol. The highest BCUT2D eigenvalue weighted by atomic mass is 28.4. The number of amides is 2. The maximum atomic E-state index is 16.3. The van der Waals surface area contributed by atoms with Crippen LogP contribution in [0.15, 0.2) is 72.9 Å². The fourth-order valence-electron chi connectivity index (χ4n) is 7.83. The number of hydrogen-bond acceptors (Lipinski definition) is 9. The van der Waals surface area contributed by atoms with Gasteiger partial charge in [0, 0.05) is 60.6 Å². The number of halogens is 1. The van der Waals surface area contributed by atoms with Crippen molar-refractivity contribution in [1.29, 1.82) is 0 Å². The third-order valence-electron chi connectivity index (χ3n) is 9.99. The molecule has 3 aliphatic rings. The molecule has 260 valence electrons. The maximum absolute atomic E-state index is 16.3. The number of aliphatic hydroxyl groups excluding tert-OH is 1. The highest BCUT2D eigenvalue weighted by molar-refractivity contribution is 6.72. The molecule has 4 atom stereocenters. The van der Waals surface area contributed by atoms with Crippen LogP contribution in [0.1, 0.15) is 30.2 Å². The summed E-state index contributed by atoms with van der Waals surface area (Å²) in [7, 11) is -3.47. The average molecular weight is 701 g/mol. The van der Waals surface area contributed by atoms with E-state index in [0.717, 1.165) is 5.56 Å². The van der Waals surface area contributed by atoms with Crippen molar-refractivity contribution in [3.8, 4) is 5.75 Å². The van der Waals surface area contributed by atoms with Crippen LogP contribution < -0.4 is 14.5 Å². The van der Waals surface area contributed by atoms with Crippen molar-refractivity contribution in [2.45, 2.75) is 63.2 Å². The van der Waals surface area contributed by atoms with Crippen LogP contribution in [-0.2, 0) is 39.4 Å². The largest absolute Gasteiger partial charge is 0.482 e. The SMILES string of the molecule is C[C@H]1[C@H]([Si](C)(C)F)[C@@H](CCn2cc(CCO)nn2)O[C@]12C(=O)N(Cc1ccc(N3C(=O)COc4ccccc43)cc1)c1ccc([N+](=O)[O-])cc12. The Hall–Kier alpha value is -4.99. The number of hydrogen-bond donors (Lipinski definition) is 1. The Morgan fingerprint density at radius 2 is 1.86 bits per heavy atom. The summed E-state index contributed by atoms with van der Waals surface area (Å²) in [5.41, 5.74) is 1.04. The molecule has 7 rings (SSSR count). The zero-order valence-electron chi connectivity index (χ0n) is 27.9.